The number of amides is 2. The van der Waals surface area contributed by atoms with E-state index < -0.39 is 11.6 Å². The highest BCUT2D eigenvalue weighted by atomic mass is 19.1. The molecule has 0 N–H and O–H groups in total. The van der Waals surface area contributed by atoms with Crippen molar-refractivity contribution in [1.82, 2.24) is 9.80 Å². The molecule has 3 rings (SSSR count). The van der Waals surface area contributed by atoms with Crippen molar-refractivity contribution in [3.05, 3.63) is 35.4 Å². The van der Waals surface area contributed by atoms with E-state index >= 15 is 0 Å². The van der Waals surface area contributed by atoms with Gasteiger partial charge in [0.25, 0.3) is 0 Å². The van der Waals surface area contributed by atoms with Crippen molar-refractivity contribution in [2.45, 2.75) is 44.9 Å². The summed E-state index contributed by atoms with van der Waals surface area (Å²) >= 11 is 0. The molecule has 1 aromatic carbocycles. The minimum absolute atomic E-state index is 0.113. The molecule has 2 aliphatic rings. The number of hydrogen-bond acceptors (Lipinski definition) is 2. The number of carbonyl (C=O) groups is 2. The van der Waals surface area contributed by atoms with Gasteiger partial charge in [0, 0.05) is 45.1 Å². The summed E-state index contributed by atoms with van der Waals surface area (Å²) in [5.41, 5.74) is 0.644. The summed E-state index contributed by atoms with van der Waals surface area (Å²) in [6.45, 7) is 2.80. The predicted molar refractivity (Wildman–Crippen MR) is 94.4 cm³/mol. The molecule has 26 heavy (non-hydrogen) atoms. The number of benzene rings is 1. The highest BCUT2D eigenvalue weighted by molar-refractivity contribution is 5.77. The molecule has 0 saturated carbocycles. The first-order valence-corrected chi connectivity index (χ1v) is 9.52. The summed E-state index contributed by atoms with van der Waals surface area (Å²) in [5, 5.41) is 0. The molecule has 2 fully saturated rings. The van der Waals surface area contributed by atoms with E-state index in [1.54, 1.807) is 0 Å². The Morgan fingerprint density at radius 1 is 1.12 bits per heavy atom. The first-order valence-electron chi connectivity index (χ1n) is 9.52. The third-order valence-corrected chi connectivity index (χ3v) is 5.33. The summed E-state index contributed by atoms with van der Waals surface area (Å²) in [7, 11) is 0. The van der Waals surface area contributed by atoms with E-state index in [-0.39, 0.29) is 17.7 Å². The zero-order valence-electron chi connectivity index (χ0n) is 15.1. The van der Waals surface area contributed by atoms with Crippen LogP contribution in [0.3, 0.4) is 0 Å². The van der Waals surface area contributed by atoms with Crippen molar-refractivity contribution in [1.29, 1.82) is 0 Å². The van der Waals surface area contributed by atoms with Crippen LogP contribution < -0.4 is 0 Å². The zero-order chi connectivity index (χ0) is 18.5. The quantitative estimate of drug-likeness (QED) is 0.778. The Morgan fingerprint density at radius 3 is 2.62 bits per heavy atom. The predicted octanol–water partition coefficient (Wildman–Crippen LogP) is 3.15. The van der Waals surface area contributed by atoms with Crippen molar-refractivity contribution < 1.29 is 18.4 Å². The van der Waals surface area contributed by atoms with Crippen LogP contribution in [-0.2, 0) is 16.0 Å². The molecule has 1 atom stereocenters. The second-order valence-corrected chi connectivity index (χ2v) is 7.42. The molecule has 0 aliphatic carbocycles. The SMILES string of the molecule is O=C1CCCCN1CCCC(=O)N1CCC(Cc2cc(F)cc(F)c2)C1. The molecule has 1 unspecified atom stereocenters. The van der Waals surface area contributed by atoms with E-state index in [4.69, 9.17) is 0 Å². The molecule has 142 valence electrons. The number of nitrogens with zero attached hydrogens (tertiary/aromatic N) is 2. The van der Waals surface area contributed by atoms with Crippen LogP contribution in [0, 0.1) is 17.6 Å². The van der Waals surface area contributed by atoms with E-state index in [1.807, 2.05) is 9.80 Å². The Balaban J connectivity index is 1.41. The van der Waals surface area contributed by atoms with Gasteiger partial charge in [-0.15, -0.1) is 0 Å². The number of rotatable bonds is 6. The van der Waals surface area contributed by atoms with Crippen molar-refractivity contribution in [2.75, 3.05) is 26.2 Å². The van der Waals surface area contributed by atoms with Gasteiger partial charge in [-0.2, -0.15) is 0 Å². The average molecular weight is 364 g/mol. The maximum absolute atomic E-state index is 13.3. The second kappa shape index (κ2) is 8.60. The number of hydrogen-bond donors (Lipinski definition) is 0. The standard InChI is InChI=1S/C20H26F2N2O2/c21-17-11-16(12-18(22)13-17)10-15-6-9-24(14-15)20(26)5-3-8-23-7-2-1-4-19(23)25/h11-13,15H,1-10,14H2. The average Bonchev–Trinajstić information content (AvgIpc) is 3.04. The van der Waals surface area contributed by atoms with Crippen LogP contribution in [-0.4, -0.2) is 47.8 Å². The maximum Gasteiger partial charge on any atom is 0.222 e. The van der Waals surface area contributed by atoms with Gasteiger partial charge in [0.2, 0.25) is 11.8 Å². The van der Waals surface area contributed by atoms with Gasteiger partial charge in [-0.25, -0.2) is 8.78 Å². The number of halogens is 2. The third kappa shape index (κ3) is 5.02. The van der Waals surface area contributed by atoms with Gasteiger partial charge in [0.05, 0.1) is 0 Å². The van der Waals surface area contributed by atoms with Gasteiger partial charge in [-0.05, 0) is 55.7 Å². The van der Waals surface area contributed by atoms with Gasteiger partial charge in [-0.3, -0.25) is 9.59 Å². The van der Waals surface area contributed by atoms with Crippen LogP contribution in [0.25, 0.3) is 0 Å². The minimum atomic E-state index is -0.557. The Morgan fingerprint density at radius 2 is 1.88 bits per heavy atom. The van der Waals surface area contributed by atoms with E-state index in [0.717, 1.165) is 31.9 Å². The van der Waals surface area contributed by atoms with Crippen molar-refractivity contribution in [3.63, 3.8) is 0 Å². The van der Waals surface area contributed by atoms with Crippen LogP contribution in [0.4, 0.5) is 8.78 Å². The first kappa shape index (κ1) is 18.8. The number of carbonyl (C=O) groups excluding carboxylic acids is 2. The second-order valence-electron chi connectivity index (χ2n) is 7.42. The Hall–Kier alpha value is -1.98. The summed E-state index contributed by atoms with van der Waals surface area (Å²) < 4.78 is 26.6. The lowest BCUT2D eigenvalue weighted by Gasteiger charge is -2.26. The lowest BCUT2D eigenvalue weighted by atomic mass is 9.98. The monoisotopic (exact) mass is 364 g/mol. The molecular formula is C20H26F2N2O2. The summed E-state index contributed by atoms with van der Waals surface area (Å²) in [6.07, 6.45) is 5.23. The molecule has 2 heterocycles. The molecule has 1 aromatic rings. The lowest BCUT2D eigenvalue weighted by molar-refractivity contribution is -0.134. The molecule has 0 spiro atoms. The van der Waals surface area contributed by atoms with Gasteiger partial charge < -0.3 is 9.80 Å². The van der Waals surface area contributed by atoms with E-state index in [1.165, 1.54) is 12.1 Å². The summed E-state index contributed by atoms with van der Waals surface area (Å²) in [6, 6.07) is 3.60. The highest BCUT2D eigenvalue weighted by Gasteiger charge is 2.26. The molecule has 2 amide bonds. The molecule has 2 aliphatic heterocycles. The van der Waals surface area contributed by atoms with Gasteiger partial charge in [-0.1, -0.05) is 0 Å². The number of piperidine rings is 1. The molecule has 4 nitrogen and oxygen atoms in total. The maximum atomic E-state index is 13.3. The van der Waals surface area contributed by atoms with Crippen LogP contribution >= 0.6 is 0 Å². The fourth-order valence-electron chi connectivity index (χ4n) is 3.97. The summed E-state index contributed by atoms with van der Waals surface area (Å²) in [4.78, 5) is 27.9. The molecule has 2 saturated heterocycles. The van der Waals surface area contributed by atoms with Gasteiger partial charge in [0.15, 0.2) is 0 Å². The number of likely N-dealkylation sites (tertiary alicyclic amines) is 2. The van der Waals surface area contributed by atoms with Crippen molar-refractivity contribution in [2.24, 2.45) is 5.92 Å². The summed E-state index contributed by atoms with van der Waals surface area (Å²) in [5.74, 6) is -0.560. The smallest absolute Gasteiger partial charge is 0.222 e. The van der Waals surface area contributed by atoms with Gasteiger partial charge in [0.1, 0.15) is 11.6 Å². The third-order valence-electron chi connectivity index (χ3n) is 5.33. The zero-order valence-corrected chi connectivity index (χ0v) is 15.1. The van der Waals surface area contributed by atoms with Crippen LogP contribution in [0.1, 0.15) is 44.1 Å². The molecular weight excluding hydrogens is 338 g/mol. The van der Waals surface area contributed by atoms with Crippen molar-refractivity contribution >= 4 is 11.8 Å². The largest absolute Gasteiger partial charge is 0.343 e. The highest BCUT2D eigenvalue weighted by Crippen LogP contribution is 2.23. The topological polar surface area (TPSA) is 40.6 Å². The van der Waals surface area contributed by atoms with Crippen molar-refractivity contribution in [3.8, 4) is 0 Å². The molecule has 0 aromatic heterocycles. The van der Waals surface area contributed by atoms with E-state index in [0.29, 0.717) is 50.9 Å². The Labute approximate surface area is 153 Å². The Kier molecular flexibility index (Phi) is 6.22. The first-order chi connectivity index (χ1) is 12.5. The minimum Gasteiger partial charge on any atom is -0.343 e. The molecule has 0 bridgehead atoms. The fourth-order valence-corrected chi connectivity index (χ4v) is 3.97. The molecule has 0 radical (unpaired) electrons. The fraction of sp³-hybridized carbons (Fsp3) is 0.600. The van der Waals surface area contributed by atoms with Crippen LogP contribution in [0.15, 0.2) is 18.2 Å². The van der Waals surface area contributed by atoms with Crippen LogP contribution in [0.2, 0.25) is 0 Å². The lowest BCUT2D eigenvalue weighted by Crippen LogP contribution is -2.36. The Bertz CT molecular complexity index is 645. The normalized spacial score (nSPS) is 20.7. The van der Waals surface area contributed by atoms with Gasteiger partial charge >= 0.3 is 0 Å². The van der Waals surface area contributed by atoms with Crippen LogP contribution in [0.5, 0.6) is 0 Å². The van der Waals surface area contributed by atoms with E-state index in [2.05, 4.69) is 0 Å². The van der Waals surface area contributed by atoms with E-state index in [9.17, 15) is 18.4 Å². The molecule has 6 heteroatoms.